The van der Waals surface area contributed by atoms with Crippen LogP contribution >= 0.6 is 0 Å². The lowest BCUT2D eigenvalue weighted by atomic mass is 10.1. The molecule has 0 rings (SSSR count). The second kappa shape index (κ2) is 13.2. The van der Waals surface area contributed by atoms with Crippen molar-refractivity contribution in [2.45, 2.75) is 13.3 Å². The van der Waals surface area contributed by atoms with Crippen LogP contribution in [0.5, 0.6) is 0 Å². The minimum absolute atomic E-state index is 0.375. The van der Waals surface area contributed by atoms with Gasteiger partial charge in [0.05, 0.1) is 33.0 Å². The zero-order chi connectivity index (χ0) is 14.3. The average Bonchev–Trinajstić information content (AvgIpc) is 2.38. The maximum absolute atomic E-state index is 11.0. The second-order valence-corrected chi connectivity index (χ2v) is 3.58. The summed E-state index contributed by atoms with van der Waals surface area (Å²) in [6, 6.07) is 0. The van der Waals surface area contributed by atoms with Gasteiger partial charge in [0, 0.05) is 13.1 Å². The molecule has 0 heterocycles. The smallest absolute Gasteiger partial charge is 0.407 e. The first-order valence-corrected chi connectivity index (χ1v) is 6.26. The van der Waals surface area contributed by atoms with Gasteiger partial charge < -0.3 is 24.8 Å². The number of hydrogen-bond donors (Lipinski definition) is 2. The van der Waals surface area contributed by atoms with Crippen molar-refractivity contribution in [3.05, 3.63) is 0 Å². The van der Waals surface area contributed by atoms with E-state index in [2.05, 4.69) is 10.6 Å². The van der Waals surface area contributed by atoms with Crippen molar-refractivity contribution >= 4 is 19.7 Å². The van der Waals surface area contributed by atoms with Crippen molar-refractivity contribution in [3.8, 4) is 0 Å². The number of carbonyl (C=O) groups excluding carboxylic acids is 2. The van der Waals surface area contributed by atoms with Crippen molar-refractivity contribution in [1.82, 2.24) is 10.6 Å². The Labute approximate surface area is 114 Å². The van der Waals surface area contributed by atoms with Gasteiger partial charge in [0.2, 0.25) is 0 Å². The van der Waals surface area contributed by atoms with E-state index in [0.717, 1.165) is 6.42 Å². The summed E-state index contributed by atoms with van der Waals surface area (Å²) < 4.78 is 15.2. The van der Waals surface area contributed by atoms with E-state index in [0.29, 0.717) is 46.1 Å². The van der Waals surface area contributed by atoms with Crippen LogP contribution in [-0.2, 0) is 14.2 Å². The largest absolute Gasteiger partial charge is 0.450 e. The number of ether oxygens (including phenoxy) is 3. The molecular weight excluding hydrogens is 251 g/mol. The van der Waals surface area contributed by atoms with Gasteiger partial charge in [-0.05, 0) is 6.42 Å². The third-order valence-electron chi connectivity index (χ3n) is 1.87. The van der Waals surface area contributed by atoms with E-state index in [1.807, 2.05) is 6.92 Å². The zero-order valence-corrected chi connectivity index (χ0v) is 11.3. The first-order chi connectivity index (χ1) is 9.16. The Morgan fingerprint density at radius 1 is 0.947 bits per heavy atom. The Bertz CT molecular complexity index is 253. The lowest BCUT2D eigenvalue weighted by Gasteiger charge is -2.07. The first kappa shape index (κ1) is 17.7. The van der Waals surface area contributed by atoms with Gasteiger partial charge in [-0.25, -0.2) is 4.79 Å². The molecule has 0 aromatic carbocycles. The standard InChI is InChI=1S/C11H21BN2O5/c1-2-5-19-11(16)14-4-7-18-9-8-17-6-3-13-10(12)15/h2-9H2,1H3,(H,13,15)(H,14,16). The normalized spacial score (nSPS) is 9.95. The highest BCUT2D eigenvalue weighted by Gasteiger charge is 1.99. The van der Waals surface area contributed by atoms with Crippen LogP contribution in [-0.4, -0.2) is 65.9 Å². The van der Waals surface area contributed by atoms with E-state index in [1.54, 1.807) is 0 Å². The summed E-state index contributed by atoms with van der Waals surface area (Å²) in [7, 11) is 4.87. The van der Waals surface area contributed by atoms with Crippen LogP contribution in [0.25, 0.3) is 0 Å². The summed E-state index contributed by atoms with van der Waals surface area (Å²) in [5.41, 5.74) is 0. The molecule has 0 aromatic rings. The Balaban J connectivity index is 3.10. The SMILES string of the molecule is [B]C(=O)NCCOCCOCCNC(=O)OCCC. The second-order valence-electron chi connectivity index (χ2n) is 3.58. The molecule has 0 aromatic heterocycles. The van der Waals surface area contributed by atoms with E-state index in [1.165, 1.54) is 0 Å². The lowest BCUT2D eigenvalue weighted by Crippen LogP contribution is -2.28. The molecule has 0 aliphatic heterocycles. The van der Waals surface area contributed by atoms with Crippen molar-refractivity contribution in [2.75, 3.05) is 46.1 Å². The van der Waals surface area contributed by atoms with Gasteiger partial charge in [-0.1, -0.05) is 6.92 Å². The predicted molar refractivity (Wildman–Crippen MR) is 70.4 cm³/mol. The minimum Gasteiger partial charge on any atom is -0.450 e. The molecule has 8 heteroatoms. The van der Waals surface area contributed by atoms with Gasteiger partial charge in [-0.15, -0.1) is 0 Å². The Morgan fingerprint density at radius 3 is 2.05 bits per heavy atom. The molecule has 0 atom stereocenters. The molecule has 0 saturated carbocycles. The lowest BCUT2D eigenvalue weighted by molar-refractivity contribution is 0.0500. The topological polar surface area (TPSA) is 85.9 Å². The molecule has 7 nitrogen and oxygen atoms in total. The van der Waals surface area contributed by atoms with Crippen LogP contribution in [0.4, 0.5) is 9.59 Å². The van der Waals surface area contributed by atoms with Gasteiger partial charge in [-0.2, -0.15) is 0 Å². The third-order valence-corrected chi connectivity index (χ3v) is 1.87. The van der Waals surface area contributed by atoms with Crippen LogP contribution in [0.15, 0.2) is 0 Å². The van der Waals surface area contributed by atoms with Crippen molar-refractivity contribution in [3.63, 3.8) is 0 Å². The fraction of sp³-hybridized carbons (Fsp3) is 0.818. The summed E-state index contributed by atoms with van der Waals surface area (Å²) >= 11 is 0. The first-order valence-electron chi connectivity index (χ1n) is 6.26. The fourth-order valence-electron chi connectivity index (χ4n) is 1.04. The van der Waals surface area contributed by atoms with Gasteiger partial charge in [-0.3, -0.25) is 4.79 Å². The summed E-state index contributed by atoms with van der Waals surface area (Å²) in [5.74, 6) is -0.569. The molecule has 0 aliphatic carbocycles. The van der Waals surface area contributed by atoms with Crippen LogP contribution in [0.3, 0.4) is 0 Å². The molecule has 0 aliphatic rings. The molecule has 0 unspecified atom stereocenters. The van der Waals surface area contributed by atoms with Gasteiger partial charge in [0.1, 0.15) is 0 Å². The molecule has 0 spiro atoms. The number of hydrogen-bond acceptors (Lipinski definition) is 5. The van der Waals surface area contributed by atoms with Crippen molar-refractivity contribution < 1.29 is 23.8 Å². The van der Waals surface area contributed by atoms with E-state index in [-0.39, 0.29) is 0 Å². The van der Waals surface area contributed by atoms with Crippen LogP contribution in [0, 0.1) is 0 Å². The highest BCUT2D eigenvalue weighted by Crippen LogP contribution is 1.82. The third kappa shape index (κ3) is 14.7. The van der Waals surface area contributed by atoms with E-state index < -0.39 is 11.9 Å². The molecule has 108 valence electrons. The highest BCUT2D eigenvalue weighted by atomic mass is 16.5. The summed E-state index contributed by atoms with van der Waals surface area (Å²) in [6.45, 7) is 4.72. The molecule has 0 bridgehead atoms. The monoisotopic (exact) mass is 272 g/mol. The van der Waals surface area contributed by atoms with Gasteiger partial charge in [0.25, 0.3) is 0 Å². The Kier molecular flexibility index (Phi) is 12.3. The quantitative estimate of drug-likeness (QED) is 0.409. The van der Waals surface area contributed by atoms with Crippen LogP contribution in [0.1, 0.15) is 13.3 Å². The molecule has 2 N–H and O–H groups in total. The van der Waals surface area contributed by atoms with E-state index >= 15 is 0 Å². The maximum Gasteiger partial charge on any atom is 0.407 e. The maximum atomic E-state index is 11.0. The molecule has 0 fully saturated rings. The van der Waals surface area contributed by atoms with Crippen molar-refractivity contribution in [1.29, 1.82) is 0 Å². The predicted octanol–water partition coefficient (Wildman–Crippen LogP) is 0.0339. The number of amides is 2. The van der Waals surface area contributed by atoms with Gasteiger partial charge in [0.15, 0.2) is 13.7 Å². The molecular formula is C11H21BN2O5. The Hall–Kier alpha value is -1.28. The zero-order valence-electron chi connectivity index (χ0n) is 11.3. The van der Waals surface area contributed by atoms with E-state index in [9.17, 15) is 9.59 Å². The molecule has 19 heavy (non-hydrogen) atoms. The molecule has 0 saturated heterocycles. The average molecular weight is 272 g/mol. The highest BCUT2D eigenvalue weighted by molar-refractivity contribution is 6.57. The number of rotatable bonds is 11. The van der Waals surface area contributed by atoms with Crippen LogP contribution in [0.2, 0.25) is 0 Å². The number of carbonyl (C=O) groups is 2. The summed E-state index contributed by atoms with van der Waals surface area (Å²) in [6.07, 6.45) is 0.366. The van der Waals surface area contributed by atoms with Crippen molar-refractivity contribution in [2.24, 2.45) is 0 Å². The molecule has 2 radical (unpaired) electrons. The Morgan fingerprint density at radius 2 is 1.53 bits per heavy atom. The van der Waals surface area contributed by atoms with Gasteiger partial charge >= 0.3 is 6.09 Å². The molecule has 2 amide bonds. The fourth-order valence-corrected chi connectivity index (χ4v) is 1.04. The van der Waals surface area contributed by atoms with Crippen LogP contribution < -0.4 is 10.6 Å². The number of alkyl carbamates (subject to hydrolysis) is 1. The van der Waals surface area contributed by atoms with E-state index in [4.69, 9.17) is 22.1 Å². The summed E-state index contributed by atoms with van der Waals surface area (Å²) in [5, 5.41) is 4.95. The summed E-state index contributed by atoms with van der Waals surface area (Å²) in [4.78, 5) is 21.3. The number of nitrogens with one attached hydrogen (secondary N) is 2. The minimum atomic E-state index is -0.569.